The lowest BCUT2D eigenvalue weighted by Gasteiger charge is -2.25. The van der Waals surface area contributed by atoms with E-state index in [4.69, 9.17) is 29.6 Å². The monoisotopic (exact) mass is 660 g/mol. The zero-order chi connectivity index (χ0) is 31.9. The van der Waals surface area contributed by atoms with Crippen LogP contribution in [0.2, 0.25) is 0 Å². The Bertz CT molecular complexity index is 1020. The summed E-state index contributed by atoms with van der Waals surface area (Å²) in [5, 5.41) is 16.9. The molecule has 0 unspecified atom stereocenters. The maximum atomic E-state index is 11.5. The molecule has 0 atom stereocenters. The third-order valence-corrected chi connectivity index (χ3v) is 8.98. The van der Waals surface area contributed by atoms with Crippen molar-refractivity contribution in [3.63, 3.8) is 0 Å². The van der Waals surface area contributed by atoms with Gasteiger partial charge in [0.2, 0.25) is 17.7 Å². The van der Waals surface area contributed by atoms with Crippen LogP contribution in [0.4, 0.5) is 0 Å². The highest BCUT2D eigenvalue weighted by Gasteiger charge is 2.32. The minimum atomic E-state index is -0.682. The summed E-state index contributed by atoms with van der Waals surface area (Å²) in [5.41, 5.74) is 2.14. The van der Waals surface area contributed by atoms with Crippen LogP contribution < -0.4 is 11.3 Å². The van der Waals surface area contributed by atoms with Gasteiger partial charge in [0.15, 0.2) is 0 Å². The number of methoxy groups -OCH3 is 2. The van der Waals surface area contributed by atoms with Crippen molar-refractivity contribution in [3.05, 3.63) is 11.8 Å². The first-order valence-corrected chi connectivity index (χ1v) is 15.6. The van der Waals surface area contributed by atoms with E-state index in [0.29, 0.717) is 57.7 Å². The molecule has 0 aromatic carbocycles. The Labute approximate surface area is 270 Å². The number of nitrogens with one attached hydrogen (secondary N) is 1. The molecule has 256 valence electrons. The Kier molecular flexibility index (Phi) is 17.3. The molecule has 15 heteroatoms. The molecule has 2 saturated carbocycles. The highest BCUT2D eigenvalue weighted by molar-refractivity contribution is 5.85. The van der Waals surface area contributed by atoms with E-state index < -0.39 is 5.97 Å². The molecule has 4 N–H and O–H groups in total. The number of nitrogens with two attached hydrogens (primary N) is 1. The summed E-state index contributed by atoms with van der Waals surface area (Å²) in [5.74, 6) is 5.86. The number of hydrogen-bond donors (Lipinski definition) is 3. The second kappa shape index (κ2) is 20.3. The van der Waals surface area contributed by atoms with Crippen molar-refractivity contribution in [2.24, 2.45) is 29.5 Å². The molecule has 1 aromatic rings. The molecule has 2 saturated heterocycles. The fraction of sp³-hybridized carbons (Fsp3) is 0.800. The van der Waals surface area contributed by atoms with Gasteiger partial charge in [0.05, 0.1) is 32.0 Å². The van der Waals surface area contributed by atoms with E-state index in [-0.39, 0.29) is 59.8 Å². The van der Waals surface area contributed by atoms with Gasteiger partial charge >= 0.3 is 17.9 Å². The number of carbonyl (C=O) groups excluding carboxylic acids is 3. The Hall–Kier alpha value is -2.81. The van der Waals surface area contributed by atoms with Crippen LogP contribution in [0.5, 0.6) is 0 Å². The standard InChI is InChI=1S/C15H22N2O4.C9H16N2O3.C6H10O3.ClH/c1-19-15(18)12-4-2-10(3-5-12)13-16-17-14(21-13)11-6-8-20-9-7-11;1-14-9(13)7-4-2-6(3-5-7)8(12)11-10;7-6(8)5-1-3-9-4-2-5;/h10-12H,2-9H2,1H3;6-7H,2-5,10H2,1H3,(H,11,12);5H,1-4H2,(H,7,8);1H. The molecule has 2 aliphatic heterocycles. The Balaban J connectivity index is 0.000000255. The van der Waals surface area contributed by atoms with Gasteiger partial charge in [-0.05, 0) is 77.0 Å². The third kappa shape index (κ3) is 12.1. The van der Waals surface area contributed by atoms with E-state index in [1.165, 1.54) is 14.2 Å². The van der Waals surface area contributed by atoms with Gasteiger partial charge in [-0.1, -0.05) is 0 Å². The minimum absolute atomic E-state index is 0. The number of halogens is 1. The number of carboxylic acids is 1. The number of rotatable bonds is 6. The molecule has 45 heavy (non-hydrogen) atoms. The maximum absolute atomic E-state index is 11.5. The number of hydrazine groups is 1. The normalized spacial score (nSPS) is 25.5. The Morgan fingerprint density at radius 1 is 0.667 bits per heavy atom. The highest BCUT2D eigenvalue weighted by Crippen LogP contribution is 2.37. The van der Waals surface area contributed by atoms with Gasteiger partial charge in [-0.3, -0.25) is 24.6 Å². The molecule has 5 rings (SSSR count). The summed E-state index contributed by atoms with van der Waals surface area (Å²) in [4.78, 5) is 44.2. The summed E-state index contributed by atoms with van der Waals surface area (Å²) in [6, 6.07) is 0. The first kappa shape index (κ1) is 38.4. The molecule has 4 fully saturated rings. The average molecular weight is 661 g/mol. The molecule has 2 aliphatic carbocycles. The predicted molar refractivity (Wildman–Crippen MR) is 162 cm³/mol. The number of ether oxygens (including phenoxy) is 4. The van der Waals surface area contributed by atoms with E-state index in [9.17, 15) is 19.2 Å². The van der Waals surface area contributed by atoms with Crippen LogP contribution in [-0.4, -0.2) is 79.8 Å². The van der Waals surface area contributed by atoms with Gasteiger partial charge in [-0.25, -0.2) is 5.84 Å². The van der Waals surface area contributed by atoms with Gasteiger partial charge < -0.3 is 28.5 Å². The van der Waals surface area contributed by atoms with Crippen LogP contribution >= 0.6 is 12.4 Å². The van der Waals surface area contributed by atoms with Gasteiger partial charge in [-0.15, -0.1) is 22.6 Å². The van der Waals surface area contributed by atoms with Crippen molar-refractivity contribution in [2.75, 3.05) is 40.6 Å². The summed E-state index contributed by atoms with van der Waals surface area (Å²) >= 11 is 0. The second-order valence-corrected chi connectivity index (χ2v) is 11.7. The fourth-order valence-electron chi connectivity index (χ4n) is 6.08. The molecule has 1 aromatic heterocycles. The van der Waals surface area contributed by atoms with Crippen molar-refractivity contribution in [3.8, 4) is 0 Å². The zero-order valence-electron chi connectivity index (χ0n) is 26.3. The number of nitrogens with zero attached hydrogens (tertiary/aromatic N) is 2. The Morgan fingerprint density at radius 2 is 1.07 bits per heavy atom. The Morgan fingerprint density at radius 3 is 1.47 bits per heavy atom. The van der Waals surface area contributed by atoms with E-state index in [2.05, 4.69) is 20.4 Å². The van der Waals surface area contributed by atoms with Crippen LogP contribution in [0.15, 0.2) is 4.42 Å². The lowest BCUT2D eigenvalue weighted by molar-refractivity contribution is -0.148. The molecule has 0 spiro atoms. The van der Waals surface area contributed by atoms with Crippen molar-refractivity contribution in [1.29, 1.82) is 0 Å². The average Bonchev–Trinajstić information content (AvgIpc) is 3.59. The fourth-order valence-corrected chi connectivity index (χ4v) is 6.08. The van der Waals surface area contributed by atoms with Gasteiger partial charge in [0.1, 0.15) is 0 Å². The van der Waals surface area contributed by atoms with Crippen molar-refractivity contribution in [1.82, 2.24) is 15.6 Å². The summed E-state index contributed by atoms with van der Waals surface area (Å²) in [6.45, 7) is 2.76. The first-order valence-electron chi connectivity index (χ1n) is 15.6. The third-order valence-electron chi connectivity index (χ3n) is 8.98. The van der Waals surface area contributed by atoms with Crippen LogP contribution in [0.25, 0.3) is 0 Å². The van der Waals surface area contributed by atoms with Gasteiger partial charge in [0.25, 0.3) is 0 Å². The van der Waals surface area contributed by atoms with E-state index in [0.717, 1.165) is 63.5 Å². The lowest BCUT2D eigenvalue weighted by Crippen LogP contribution is -2.38. The first-order chi connectivity index (χ1) is 21.3. The molecule has 14 nitrogen and oxygen atoms in total. The molecule has 0 bridgehead atoms. The smallest absolute Gasteiger partial charge is 0.308 e. The number of aromatic nitrogens is 2. The largest absolute Gasteiger partial charge is 0.481 e. The quantitative estimate of drug-likeness (QED) is 0.174. The van der Waals surface area contributed by atoms with Gasteiger partial charge in [-0.2, -0.15) is 0 Å². The second-order valence-electron chi connectivity index (χ2n) is 11.7. The number of hydrogen-bond acceptors (Lipinski definition) is 12. The van der Waals surface area contributed by atoms with Gasteiger partial charge in [0, 0.05) is 44.2 Å². The van der Waals surface area contributed by atoms with Crippen LogP contribution in [0.1, 0.15) is 101 Å². The lowest BCUT2D eigenvalue weighted by atomic mass is 9.82. The van der Waals surface area contributed by atoms with Crippen molar-refractivity contribution in [2.45, 2.75) is 88.9 Å². The highest BCUT2D eigenvalue weighted by atomic mass is 35.5. The topological polar surface area (TPSA) is 202 Å². The van der Waals surface area contributed by atoms with E-state index in [1.54, 1.807) is 0 Å². The van der Waals surface area contributed by atoms with Crippen molar-refractivity contribution < 1.29 is 47.6 Å². The van der Waals surface area contributed by atoms with Crippen LogP contribution in [-0.2, 0) is 38.1 Å². The number of amides is 1. The zero-order valence-corrected chi connectivity index (χ0v) is 27.1. The van der Waals surface area contributed by atoms with Crippen molar-refractivity contribution >= 4 is 36.2 Å². The number of aliphatic carboxylic acids is 1. The van der Waals surface area contributed by atoms with Crippen LogP contribution in [0.3, 0.4) is 0 Å². The summed E-state index contributed by atoms with van der Waals surface area (Å²) < 4.78 is 25.7. The number of esters is 2. The molecular formula is C30H49ClN4O10. The summed E-state index contributed by atoms with van der Waals surface area (Å²) in [6.07, 6.45) is 9.61. The maximum Gasteiger partial charge on any atom is 0.308 e. The predicted octanol–water partition coefficient (Wildman–Crippen LogP) is 3.29. The number of carbonyl (C=O) groups is 4. The molecular weight excluding hydrogens is 612 g/mol. The summed E-state index contributed by atoms with van der Waals surface area (Å²) in [7, 11) is 2.84. The molecule has 3 heterocycles. The van der Waals surface area contributed by atoms with Crippen LogP contribution in [0, 0.1) is 23.7 Å². The molecule has 1 amide bonds. The minimum Gasteiger partial charge on any atom is -0.481 e. The van der Waals surface area contributed by atoms with E-state index >= 15 is 0 Å². The number of carboxylic acid groups (broad SMARTS) is 1. The molecule has 4 aliphatic rings. The van der Waals surface area contributed by atoms with E-state index in [1.807, 2.05) is 0 Å². The SMILES string of the molecule is COC(=O)C1CCC(C(=O)NN)CC1.COC(=O)C1CCC(c2nnc(C3CCOCC3)o2)CC1.Cl.O=C(O)C1CCOCC1. The molecule has 0 radical (unpaired) electrons.